The molecule has 0 heterocycles. The van der Waals surface area contributed by atoms with Crippen LogP contribution in [0.4, 0.5) is 0 Å². The minimum atomic E-state index is -3.32. The molecule has 2 N–H and O–H groups in total. The van der Waals surface area contributed by atoms with Gasteiger partial charge in [-0.1, -0.05) is 55.2 Å². The smallest absolute Gasteiger partial charge is 0.327 e. The van der Waals surface area contributed by atoms with E-state index in [-0.39, 0.29) is 22.7 Å². The summed E-state index contributed by atoms with van der Waals surface area (Å²) in [5.41, 5.74) is 4.00. The zero-order valence-electron chi connectivity index (χ0n) is 23.0. The average Bonchev–Trinajstić information content (AvgIpc) is 3.64. The molecule has 36 heavy (non-hydrogen) atoms. The predicted molar refractivity (Wildman–Crippen MR) is 152 cm³/mol. The van der Waals surface area contributed by atoms with Gasteiger partial charge in [-0.2, -0.15) is 11.8 Å². The van der Waals surface area contributed by atoms with Crippen LogP contribution in [-0.4, -0.2) is 54.0 Å². The van der Waals surface area contributed by atoms with Crippen molar-refractivity contribution in [3.63, 3.8) is 0 Å². The molecule has 6 nitrogen and oxygen atoms in total. The number of carboxylic acid groups (broad SMARTS) is 1. The average molecular weight is 542 g/mol. The molecule has 1 amide bonds. The van der Waals surface area contributed by atoms with Gasteiger partial charge in [-0.15, -0.1) is 0 Å². The summed E-state index contributed by atoms with van der Waals surface area (Å²) >= 11 is 1.46. The predicted octanol–water partition coefficient (Wildman–Crippen LogP) is 5.95. The molecule has 0 spiro atoms. The van der Waals surface area contributed by atoms with Gasteiger partial charge in [0.25, 0.3) is 0 Å². The Hall–Kier alpha value is -1.54. The molecule has 0 bridgehead atoms. The maximum absolute atomic E-state index is 12.9. The third-order valence-electron chi connectivity index (χ3n) is 6.68. The third-order valence-corrected chi connectivity index (χ3v) is 9.97. The topological polar surface area (TPSA) is 101 Å². The van der Waals surface area contributed by atoms with Gasteiger partial charge in [-0.05, 0) is 72.1 Å². The number of hydrogen-bond donors (Lipinski definition) is 2. The molecular formula is C28H47NO5S2. The highest BCUT2D eigenvalue weighted by atomic mass is 32.2. The van der Waals surface area contributed by atoms with Crippen molar-refractivity contribution < 1.29 is 23.1 Å². The zero-order chi connectivity index (χ0) is 27.3. The number of hydrogen-bond acceptors (Lipinski definition) is 5. The Balaban J connectivity index is 2.54. The number of allylic oxidation sites excluding steroid dienone is 5. The van der Waals surface area contributed by atoms with Crippen molar-refractivity contribution in [2.75, 3.05) is 17.3 Å². The number of thioether (sulfide) groups is 1. The highest BCUT2D eigenvalue weighted by Gasteiger charge is 2.40. The highest BCUT2D eigenvalue weighted by Crippen LogP contribution is 2.31. The van der Waals surface area contributed by atoms with Crippen LogP contribution in [0.3, 0.4) is 0 Å². The van der Waals surface area contributed by atoms with Crippen molar-refractivity contribution in [3.8, 4) is 0 Å². The van der Waals surface area contributed by atoms with Gasteiger partial charge in [0.15, 0.2) is 9.84 Å². The van der Waals surface area contributed by atoms with Gasteiger partial charge in [0.1, 0.15) is 6.04 Å². The molecule has 0 aromatic heterocycles. The fourth-order valence-electron chi connectivity index (χ4n) is 3.78. The number of carboxylic acids is 1. The molecule has 1 rings (SSSR count). The van der Waals surface area contributed by atoms with Crippen LogP contribution < -0.4 is 5.32 Å². The Labute approximate surface area is 223 Å². The summed E-state index contributed by atoms with van der Waals surface area (Å²) in [5.74, 6) is -1.75. The molecule has 0 aromatic rings. The van der Waals surface area contributed by atoms with Crippen molar-refractivity contribution >= 4 is 33.5 Å². The lowest BCUT2D eigenvalue weighted by molar-refractivity contribution is -0.141. The second-order valence-corrected chi connectivity index (χ2v) is 13.8. The zero-order valence-corrected chi connectivity index (χ0v) is 24.6. The largest absolute Gasteiger partial charge is 0.480 e. The van der Waals surface area contributed by atoms with Crippen LogP contribution >= 0.6 is 11.8 Å². The Bertz CT molecular complexity index is 912. The van der Waals surface area contributed by atoms with Gasteiger partial charge >= 0.3 is 5.97 Å². The first-order valence-corrected chi connectivity index (χ1v) is 16.0. The first-order valence-electron chi connectivity index (χ1n) is 13.1. The van der Waals surface area contributed by atoms with Crippen LogP contribution in [0.25, 0.3) is 0 Å². The molecule has 1 fully saturated rings. The SMILES string of the molecule is CC[C@H](C)[C@H](CS(=O)(=O)C1CC1)C(=O)N[C@@H](CSC/C=C(\C)CC/C=C(\C)CCC=C(C)C)C(=O)O. The van der Waals surface area contributed by atoms with E-state index in [9.17, 15) is 23.1 Å². The fraction of sp³-hybridized carbons (Fsp3) is 0.714. The normalized spacial score (nSPS) is 17.3. The number of sulfone groups is 1. The molecule has 1 aliphatic rings. The van der Waals surface area contributed by atoms with Crippen molar-refractivity contribution in [1.82, 2.24) is 5.32 Å². The Morgan fingerprint density at radius 3 is 2.14 bits per heavy atom. The molecule has 0 aliphatic heterocycles. The van der Waals surface area contributed by atoms with Crippen LogP contribution in [0.2, 0.25) is 0 Å². The maximum Gasteiger partial charge on any atom is 0.327 e. The first kappa shape index (κ1) is 32.5. The van der Waals surface area contributed by atoms with Crippen LogP contribution in [-0.2, 0) is 19.4 Å². The van der Waals surface area contributed by atoms with Crippen molar-refractivity contribution in [3.05, 3.63) is 34.9 Å². The van der Waals surface area contributed by atoms with Gasteiger partial charge in [-0.3, -0.25) is 4.79 Å². The standard InChI is InChI=1S/C28H47NO5S2/c1-7-23(6)25(19-36(33,34)24-14-15-24)27(30)29-26(28(31)32)18-35-17-16-22(5)13-9-12-21(4)11-8-10-20(2)3/h10,12,16,23-26H,7-9,11,13-15,17-19H2,1-6H3,(H,29,30)(H,31,32)/b21-12+,22-16+/t23-,25-,26-/m0/s1. The molecule has 0 radical (unpaired) electrons. The van der Waals surface area contributed by atoms with Crippen LogP contribution in [0, 0.1) is 11.8 Å². The number of carbonyl (C=O) groups is 2. The lowest BCUT2D eigenvalue weighted by Crippen LogP contribution is -2.48. The van der Waals surface area contributed by atoms with E-state index in [0.29, 0.717) is 25.0 Å². The molecule has 1 aliphatic carbocycles. The van der Waals surface area contributed by atoms with Crippen molar-refractivity contribution in [1.29, 1.82) is 0 Å². The van der Waals surface area contributed by atoms with Gasteiger partial charge in [0, 0.05) is 11.5 Å². The summed E-state index contributed by atoms with van der Waals surface area (Å²) in [4.78, 5) is 24.7. The lowest BCUT2D eigenvalue weighted by Gasteiger charge is -2.24. The van der Waals surface area contributed by atoms with Crippen LogP contribution in [0.15, 0.2) is 34.9 Å². The van der Waals surface area contributed by atoms with E-state index in [1.165, 1.54) is 28.5 Å². The number of aliphatic carboxylic acids is 1. The molecule has 8 heteroatoms. The number of carbonyl (C=O) groups excluding carboxylic acids is 1. The number of rotatable bonds is 18. The molecule has 0 saturated heterocycles. The van der Waals surface area contributed by atoms with Crippen molar-refractivity contribution in [2.24, 2.45) is 11.8 Å². The van der Waals surface area contributed by atoms with E-state index in [2.05, 4.69) is 51.2 Å². The van der Waals surface area contributed by atoms with Gasteiger partial charge in [0.05, 0.1) is 16.9 Å². The Kier molecular flexibility index (Phi) is 14.7. The molecule has 3 atom stereocenters. The van der Waals surface area contributed by atoms with E-state index in [4.69, 9.17) is 0 Å². The first-order chi connectivity index (χ1) is 16.9. The summed E-state index contributed by atoms with van der Waals surface area (Å²) in [5, 5.41) is 11.9. The second kappa shape index (κ2) is 16.3. The maximum atomic E-state index is 12.9. The quantitative estimate of drug-likeness (QED) is 0.164. The summed E-state index contributed by atoms with van der Waals surface area (Å²) in [6, 6.07) is -1.04. The summed E-state index contributed by atoms with van der Waals surface area (Å²) in [6.45, 7) is 12.2. The molecular weight excluding hydrogens is 494 g/mol. The summed E-state index contributed by atoms with van der Waals surface area (Å²) in [6.07, 6.45) is 12.7. The Morgan fingerprint density at radius 2 is 1.61 bits per heavy atom. The van der Waals surface area contributed by atoms with Crippen LogP contribution in [0.1, 0.15) is 86.5 Å². The third kappa shape index (κ3) is 13.1. The monoisotopic (exact) mass is 541 g/mol. The van der Waals surface area contributed by atoms with E-state index in [1.54, 1.807) is 0 Å². The van der Waals surface area contributed by atoms with E-state index >= 15 is 0 Å². The molecule has 0 unspecified atom stereocenters. The number of nitrogens with one attached hydrogen (secondary N) is 1. The van der Waals surface area contributed by atoms with Crippen LogP contribution in [0.5, 0.6) is 0 Å². The summed E-state index contributed by atoms with van der Waals surface area (Å²) in [7, 11) is -3.32. The Morgan fingerprint density at radius 1 is 1.03 bits per heavy atom. The fourth-order valence-corrected chi connectivity index (χ4v) is 6.88. The molecule has 0 aromatic carbocycles. The van der Waals surface area contributed by atoms with Gasteiger partial charge < -0.3 is 10.4 Å². The van der Waals surface area contributed by atoms with E-state index in [1.807, 2.05) is 13.8 Å². The van der Waals surface area contributed by atoms with Gasteiger partial charge in [0.2, 0.25) is 5.91 Å². The van der Waals surface area contributed by atoms with E-state index in [0.717, 1.165) is 25.7 Å². The molecule has 1 saturated carbocycles. The van der Waals surface area contributed by atoms with Crippen molar-refractivity contribution in [2.45, 2.75) is 97.8 Å². The second-order valence-electron chi connectivity index (χ2n) is 10.4. The number of amides is 1. The summed E-state index contributed by atoms with van der Waals surface area (Å²) < 4.78 is 25.0. The molecule has 206 valence electrons. The minimum Gasteiger partial charge on any atom is -0.480 e. The lowest BCUT2D eigenvalue weighted by atomic mass is 9.92. The minimum absolute atomic E-state index is 0.142. The highest BCUT2D eigenvalue weighted by molar-refractivity contribution is 7.99. The van der Waals surface area contributed by atoms with Gasteiger partial charge in [-0.25, -0.2) is 13.2 Å². The van der Waals surface area contributed by atoms with E-state index < -0.39 is 33.7 Å².